The van der Waals surface area contributed by atoms with Gasteiger partial charge in [0.05, 0.1) is 12.6 Å². The first kappa shape index (κ1) is 17.5. The van der Waals surface area contributed by atoms with E-state index in [0.717, 1.165) is 20.0 Å². The molecular formula is C20H22Br2N2O. The molecule has 0 bridgehead atoms. The molecule has 0 amide bonds. The van der Waals surface area contributed by atoms with E-state index in [1.54, 1.807) is 0 Å². The summed E-state index contributed by atoms with van der Waals surface area (Å²) in [5.74, 6) is 0. The summed E-state index contributed by atoms with van der Waals surface area (Å²) in [6.45, 7) is 1.25. The van der Waals surface area contributed by atoms with Crippen LogP contribution >= 0.6 is 31.9 Å². The first-order valence-corrected chi connectivity index (χ1v) is 10.5. The molecule has 25 heavy (non-hydrogen) atoms. The number of aromatic nitrogens is 1. The minimum Gasteiger partial charge on any atom is -0.390 e. The van der Waals surface area contributed by atoms with Crippen LogP contribution in [0.5, 0.6) is 0 Å². The highest BCUT2D eigenvalue weighted by Gasteiger charge is 2.18. The van der Waals surface area contributed by atoms with Gasteiger partial charge in [-0.2, -0.15) is 0 Å². The van der Waals surface area contributed by atoms with Crippen LogP contribution in [-0.4, -0.2) is 28.4 Å². The lowest BCUT2D eigenvalue weighted by molar-refractivity contribution is 0.150. The van der Waals surface area contributed by atoms with Crippen molar-refractivity contribution in [1.29, 1.82) is 0 Å². The van der Waals surface area contributed by atoms with Crippen LogP contribution < -0.4 is 5.32 Å². The highest BCUT2D eigenvalue weighted by atomic mass is 79.9. The van der Waals surface area contributed by atoms with Crippen LogP contribution in [0.3, 0.4) is 0 Å². The van der Waals surface area contributed by atoms with Gasteiger partial charge in [-0.1, -0.05) is 44.7 Å². The number of halogens is 2. The molecule has 4 rings (SSSR count). The summed E-state index contributed by atoms with van der Waals surface area (Å²) in [6.07, 6.45) is 4.70. The van der Waals surface area contributed by atoms with Gasteiger partial charge in [0.25, 0.3) is 0 Å². The molecule has 3 aromatic rings. The van der Waals surface area contributed by atoms with Gasteiger partial charge in [-0.15, -0.1) is 0 Å². The zero-order valence-electron chi connectivity index (χ0n) is 14.0. The molecule has 0 unspecified atom stereocenters. The van der Waals surface area contributed by atoms with E-state index in [-0.39, 0.29) is 0 Å². The second kappa shape index (κ2) is 7.39. The van der Waals surface area contributed by atoms with Crippen molar-refractivity contribution in [3.8, 4) is 0 Å². The lowest BCUT2D eigenvalue weighted by Crippen LogP contribution is -2.35. The summed E-state index contributed by atoms with van der Waals surface area (Å²) in [5, 5.41) is 16.6. The number of hydrogen-bond acceptors (Lipinski definition) is 2. The SMILES string of the molecule is O[C@H](CNC1CCCC1)Cn1c2ccc(Br)cc2c2cc(Br)ccc21. The number of fused-ring (bicyclic) bond motifs is 3. The highest BCUT2D eigenvalue weighted by Crippen LogP contribution is 2.33. The van der Waals surface area contributed by atoms with E-state index < -0.39 is 6.10 Å². The molecule has 0 aliphatic heterocycles. The zero-order valence-corrected chi connectivity index (χ0v) is 17.2. The van der Waals surface area contributed by atoms with Gasteiger partial charge < -0.3 is 15.0 Å². The molecule has 1 aliphatic carbocycles. The van der Waals surface area contributed by atoms with Crippen LogP contribution in [0, 0.1) is 0 Å². The van der Waals surface area contributed by atoms with Crippen molar-refractivity contribution < 1.29 is 5.11 Å². The Morgan fingerprint density at radius 3 is 2.12 bits per heavy atom. The molecule has 1 fully saturated rings. The van der Waals surface area contributed by atoms with E-state index >= 15 is 0 Å². The molecule has 1 aliphatic rings. The molecule has 2 N–H and O–H groups in total. The van der Waals surface area contributed by atoms with Crippen LogP contribution in [0.25, 0.3) is 21.8 Å². The fraction of sp³-hybridized carbons (Fsp3) is 0.400. The van der Waals surface area contributed by atoms with Crippen molar-refractivity contribution >= 4 is 53.7 Å². The van der Waals surface area contributed by atoms with E-state index in [9.17, 15) is 5.11 Å². The van der Waals surface area contributed by atoms with E-state index in [1.165, 1.54) is 36.5 Å². The van der Waals surface area contributed by atoms with Gasteiger partial charge in [-0.25, -0.2) is 0 Å². The van der Waals surface area contributed by atoms with E-state index in [0.29, 0.717) is 19.1 Å². The van der Waals surface area contributed by atoms with Crippen molar-refractivity contribution in [2.45, 2.75) is 44.4 Å². The molecule has 1 atom stereocenters. The summed E-state index contributed by atoms with van der Waals surface area (Å²) >= 11 is 7.16. The fourth-order valence-electron chi connectivity index (χ4n) is 3.95. The van der Waals surface area contributed by atoms with Crippen LogP contribution in [0.1, 0.15) is 25.7 Å². The van der Waals surface area contributed by atoms with Gasteiger partial charge in [-0.05, 0) is 49.2 Å². The van der Waals surface area contributed by atoms with Crippen molar-refractivity contribution in [1.82, 2.24) is 9.88 Å². The number of aliphatic hydroxyl groups excluding tert-OH is 1. The Hall–Kier alpha value is -0.880. The van der Waals surface area contributed by atoms with Crippen molar-refractivity contribution in [3.05, 3.63) is 45.3 Å². The second-order valence-corrected chi connectivity index (χ2v) is 8.81. The summed E-state index contributed by atoms with van der Waals surface area (Å²) in [6, 6.07) is 13.3. The zero-order chi connectivity index (χ0) is 17.4. The highest BCUT2D eigenvalue weighted by molar-refractivity contribution is 9.10. The van der Waals surface area contributed by atoms with Crippen molar-refractivity contribution in [3.63, 3.8) is 0 Å². The Morgan fingerprint density at radius 1 is 1.00 bits per heavy atom. The minimum absolute atomic E-state index is 0.397. The monoisotopic (exact) mass is 464 g/mol. The quantitative estimate of drug-likeness (QED) is 0.542. The molecule has 2 aromatic carbocycles. The Kier molecular flexibility index (Phi) is 5.18. The Balaban J connectivity index is 1.65. The van der Waals surface area contributed by atoms with E-state index in [2.05, 4.69) is 78.1 Å². The Labute approximate surface area is 164 Å². The van der Waals surface area contributed by atoms with Gasteiger partial charge in [0.1, 0.15) is 0 Å². The topological polar surface area (TPSA) is 37.2 Å². The standard InChI is InChI=1S/C20H22Br2N2O/c21-13-5-7-19-17(9-13)18-10-14(22)6-8-20(18)24(19)12-16(25)11-23-15-3-1-2-4-15/h5-10,15-16,23,25H,1-4,11-12H2/t16-/m1/s1. The maximum Gasteiger partial charge on any atom is 0.0843 e. The lowest BCUT2D eigenvalue weighted by Gasteiger charge is -2.18. The number of nitrogens with one attached hydrogen (secondary N) is 1. The average molecular weight is 466 g/mol. The number of aliphatic hydroxyl groups is 1. The molecule has 1 saturated carbocycles. The van der Waals surface area contributed by atoms with Gasteiger partial charge in [0.15, 0.2) is 0 Å². The molecule has 0 spiro atoms. The number of benzene rings is 2. The summed E-state index contributed by atoms with van der Waals surface area (Å²) < 4.78 is 4.38. The molecule has 132 valence electrons. The summed E-state index contributed by atoms with van der Waals surface area (Å²) in [5.41, 5.74) is 2.33. The maximum absolute atomic E-state index is 10.6. The third kappa shape index (κ3) is 3.65. The molecule has 0 saturated heterocycles. The van der Waals surface area contributed by atoms with Gasteiger partial charge >= 0.3 is 0 Å². The second-order valence-electron chi connectivity index (χ2n) is 6.98. The Bertz CT molecular complexity index is 840. The molecule has 3 nitrogen and oxygen atoms in total. The lowest BCUT2D eigenvalue weighted by atomic mass is 10.2. The van der Waals surface area contributed by atoms with E-state index in [1.807, 2.05) is 0 Å². The van der Waals surface area contributed by atoms with Crippen molar-refractivity contribution in [2.75, 3.05) is 6.54 Å². The van der Waals surface area contributed by atoms with Crippen LogP contribution in [0.2, 0.25) is 0 Å². The Morgan fingerprint density at radius 2 is 1.56 bits per heavy atom. The average Bonchev–Trinajstić information content (AvgIpc) is 3.20. The number of nitrogens with zero attached hydrogens (tertiary/aromatic N) is 1. The molecule has 1 heterocycles. The molecule has 1 aromatic heterocycles. The number of hydrogen-bond donors (Lipinski definition) is 2. The van der Waals surface area contributed by atoms with Crippen LogP contribution in [0.15, 0.2) is 45.3 Å². The maximum atomic E-state index is 10.6. The van der Waals surface area contributed by atoms with Crippen LogP contribution in [-0.2, 0) is 6.54 Å². The summed E-state index contributed by atoms with van der Waals surface area (Å²) in [7, 11) is 0. The van der Waals surface area contributed by atoms with E-state index in [4.69, 9.17) is 0 Å². The normalized spacial score (nSPS) is 16.9. The molecule has 0 radical (unpaired) electrons. The predicted octanol–water partition coefficient (Wildman–Crippen LogP) is 5.21. The predicted molar refractivity (Wildman–Crippen MR) is 111 cm³/mol. The summed E-state index contributed by atoms with van der Waals surface area (Å²) in [4.78, 5) is 0. The van der Waals surface area contributed by atoms with Gasteiger partial charge in [-0.3, -0.25) is 0 Å². The molecule has 5 heteroatoms. The van der Waals surface area contributed by atoms with Crippen molar-refractivity contribution in [2.24, 2.45) is 0 Å². The minimum atomic E-state index is -0.397. The molecular weight excluding hydrogens is 444 g/mol. The third-order valence-electron chi connectivity index (χ3n) is 5.18. The van der Waals surface area contributed by atoms with Gasteiger partial charge in [0, 0.05) is 43.3 Å². The largest absolute Gasteiger partial charge is 0.390 e. The fourth-order valence-corrected chi connectivity index (χ4v) is 4.68. The van der Waals surface area contributed by atoms with Gasteiger partial charge in [0.2, 0.25) is 0 Å². The van der Waals surface area contributed by atoms with Crippen LogP contribution in [0.4, 0.5) is 0 Å². The first-order chi connectivity index (χ1) is 12.1. The first-order valence-electron chi connectivity index (χ1n) is 8.90. The smallest absolute Gasteiger partial charge is 0.0843 e. The number of rotatable bonds is 5. The third-order valence-corrected chi connectivity index (χ3v) is 6.17.